The van der Waals surface area contributed by atoms with E-state index >= 15 is 0 Å². The minimum atomic E-state index is 0.732. The van der Waals surface area contributed by atoms with E-state index in [1.54, 1.807) is 7.11 Å². The lowest BCUT2D eigenvalue weighted by Gasteiger charge is -2.07. The minimum absolute atomic E-state index is 0.732. The molecule has 0 atom stereocenters. The number of rotatable bonds is 2. The third-order valence-electron chi connectivity index (χ3n) is 2.11. The predicted molar refractivity (Wildman–Crippen MR) is 57.2 cm³/mol. The second-order valence-corrected chi connectivity index (χ2v) is 3.04. The first-order valence-corrected chi connectivity index (χ1v) is 4.38. The zero-order valence-electron chi connectivity index (χ0n) is 7.95. The summed E-state index contributed by atoms with van der Waals surface area (Å²) in [7, 11) is 1.65. The predicted octanol–water partition coefficient (Wildman–Crippen LogP) is 2.27. The van der Waals surface area contributed by atoms with Gasteiger partial charge in [0, 0.05) is 23.1 Å². The fraction of sp³-hybridized carbons (Fsp3) is 0.0909. The first kappa shape index (κ1) is 8.69. The molecule has 0 aliphatic heterocycles. The third kappa shape index (κ3) is 1.44. The summed E-state index contributed by atoms with van der Waals surface area (Å²) in [4.78, 5) is 3.12. The lowest BCUT2D eigenvalue weighted by atomic mass is 10.1. The van der Waals surface area contributed by atoms with Crippen molar-refractivity contribution in [2.24, 2.45) is 0 Å². The van der Waals surface area contributed by atoms with Crippen molar-refractivity contribution in [1.29, 1.82) is 0 Å². The van der Waals surface area contributed by atoms with Crippen LogP contribution in [0, 0.1) is 0 Å². The van der Waals surface area contributed by atoms with Crippen LogP contribution in [0.25, 0.3) is 11.3 Å². The fourth-order valence-corrected chi connectivity index (χ4v) is 1.43. The van der Waals surface area contributed by atoms with Crippen LogP contribution in [-0.4, -0.2) is 12.1 Å². The Balaban J connectivity index is 2.55. The highest BCUT2D eigenvalue weighted by Crippen LogP contribution is 2.30. The molecule has 0 saturated carbocycles. The van der Waals surface area contributed by atoms with Gasteiger partial charge in [-0.15, -0.1) is 0 Å². The maximum atomic E-state index is 5.72. The van der Waals surface area contributed by atoms with E-state index in [4.69, 9.17) is 10.5 Å². The molecule has 3 heteroatoms. The van der Waals surface area contributed by atoms with Crippen molar-refractivity contribution in [2.45, 2.75) is 0 Å². The number of ether oxygens (including phenoxy) is 1. The zero-order valence-corrected chi connectivity index (χ0v) is 7.95. The molecule has 14 heavy (non-hydrogen) atoms. The van der Waals surface area contributed by atoms with E-state index in [1.165, 1.54) is 0 Å². The maximum Gasteiger partial charge on any atom is 0.128 e. The number of aromatic amines is 1. The SMILES string of the molecule is COc1ccc(N)cc1-c1ccc[nH]1. The number of anilines is 1. The third-order valence-corrected chi connectivity index (χ3v) is 2.11. The van der Waals surface area contributed by atoms with Crippen molar-refractivity contribution in [3.05, 3.63) is 36.5 Å². The molecule has 3 N–H and O–H groups in total. The summed E-state index contributed by atoms with van der Waals surface area (Å²) in [5.74, 6) is 0.821. The second-order valence-electron chi connectivity index (χ2n) is 3.04. The van der Waals surface area contributed by atoms with Gasteiger partial charge >= 0.3 is 0 Å². The Kier molecular flexibility index (Phi) is 2.14. The number of methoxy groups -OCH3 is 1. The molecule has 0 unspecified atom stereocenters. The van der Waals surface area contributed by atoms with Crippen molar-refractivity contribution in [3.63, 3.8) is 0 Å². The van der Waals surface area contributed by atoms with Gasteiger partial charge in [-0.3, -0.25) is 0 Å². The molecule has 72 valence electrons. The molecule has 0 spiro atoms. The second kappa shape index (κ2) is 3.46. The van der Waals surface area contributed by atoms with Gasteiger partial charge in [0.15, 0.2) is 0 Å². The van der Waals surface area contributed by atoms with Gasteiger partial charge in [-0.25, -0.2) is 0 Å². The van der Waals surface area contributed by atoms with Gasteiger partial charge in [-0.2, -0.15) is 0 Å². The average molecular weight is 188 g/mol. The summed E-state index contributed by atoms with van der Waals surface area (Å²) in [5.41, 5.74) is 8.44. The molecule has 0 radical (unpaired) electrons. The molecule has 0 fully saturated rings. The molecule has 1 aromatic heterocycles. The molecule has 0 aliphatic carbocycles. The summed E-state index contributed by atoms with van der Waals surface area (Å²) in [5, 5.41) is 0. The van der Waals surface area contributed by atoms with Crippen LogP contribution in [0.15, 0.2) is 36.5 Å². The number of nitrogens with one attached hydrogen (secondary N) is 1. The van der Waals surface area contributed by atoms with Crippen LogP contribution in [-0.2, 0) is 0 Å². The van der Waals surface area contributed by atoms with Crippen LogP contribution in [0.3, 0.4) is 0 Å². The number of hydrogen-bond acceptors (Lipinski definition) is 2. The lowest BCUT2D eigenvalue weighted by molar-refractivity contribution is 0.416. The number of hydrogen-bond donors (Lipinski definition) is 2. The van der Waals surface area contributed by atoms with E-state index in [1.807, 2.05) is 36.5 Å². The Bertz CT molecular complexity index is 421. The van der Waals surface area contributed by atoms with Crippen molar-refractivity contribution in [2.75, 3.05) is 12.8 Å². The highest BCUT2D eigenvalue weighted by atomic mass is 16.5. The maximum absolute atomic E-state index is 5.72. The molecule has 2 rings (SSSR count). The Morgan fingerprint density at radius 3 is 2.79 bits per heavy atom. The molecule has 3 nitrogen and oxygen atoms in total. The molecule has 1 aromatic carbocycles. The average Bonchev–Trinajstić information content (AvgIpc) is 2.70. The molecule has 0 saturated heterocycles. The Morgan fingerprint density at radius 1 is 1.29 bits per heavy atom. The first-order valence-electron chi connectivity index (χ1n) is 4.38. The molecule has 2 aromatic rings. The number of aromatic nitrogens is 1. The summed E-state index contributed by atoms with van der Waals surface area (Å²) >= 11 is 0. The molecular weight excluding hydrogens is 176 g/mol. The Labute approximate surface area is 82.5 Å². The van der Waals surface area contributed by atoms with Crippen LogP contribution < -0.4 is 10.5 Å². The van der Waals surface area contributed by atoms with Gasteiger partial charge in [-0.05, 0) is 30.3 Å². The molecular formula is C11H12N2O. The van der Waals surface area contributed by atoms with Gasteiger partial charge in [0.2, 0.25) is 0 Å². The monoisotopic (exact) mass is 188 g/mol. The van der Waals surface area contributed by atoms with E-state index in [0.29, 0.717) is 0 Å². The van der Waals surface area contributed by atoms with E-state index in [9.17, 15) is 0 Å². The number of nitrogen functional groups attached to an aromatic ring is 1. The number of nitrogens with two attached hydrogens (primary N) is 1. The van der Waals surface area contributed by atoms with Crippen molar-refractivity contribution in [1.82, 2.24) is 4.98 Å². The summed E-state index contributed by atoms with van der Waals surface area (Å²) in [6.07, 6.45) is 1.87. The largest absolute Gasteiger partial charge is 0.496 e. The van der Waals surface area contributed by atoms with Gasteiger partial charge in [0.1, 0.15) is 5.75 Å². The first-order chi connectivity index (χ1) is 6.81. The molecule has 0 amide bonds. The summed E-state index contributed by atoms with van der Waals surface area (Å²) < 4.78 is 5.25. The van der Waals surface area contributed by atoms with Crippen molar-refractivity contribution in [3.8, 4) is 17.0 Å². The van der Waals surface area contributed by atoms with Crippen LogP contribution in [0.1, 0.15) is 0 Å². The van der Waals surface area contributed by atoms with Crippen molar-refractivity contribution >= 4 is 5.69 Å². The normalized spacial score (nSPS) is 10.1. The minimum Gasteiger partial charge on any atom is -0.496 e. The van der Waals surface area contributed by atoms with Crippen LogP contribution in [0.4, 0.5) is 5.69 Å². The zero-order chi connectivity index (χ0) is 9.97. The van der Waals surface area contributed by atoms with Gasteiger partial charge < -0.3 is 15.5 Å². The van der Waals surface area contributed by atoms with Crippen LogP contribution in [0.2, 0.25) is 0 Å². The Hall–Kier alpha value is -1.90. The Morgan fingerprint density at radius 2 is 2.14 bits per heavy atom. The topological polar surface area (TPSA) is 51.0 Å². The fourth-order valence-electron chi connectivity index (χ4n) is 1.43. The highest BCUT2D eigenvalue weighted by Gasteiger charge is 2.05. The number of H-pyrrole nitrogens is 1. The van der Waals surface area contributed by atoms with Crippen LogP contribution in [0.5, 0.6) is 5.75 Å². The van der Waals surface area contributed by atoms with E-state index in [2.05, 4.69) is 4.98 Å². The highest BCUT2D eigenvalue weighted by molar-refractivity contribution is 5.71. The van der Waals surface area contributed by atoms with Crippen molar-refractivity contribution < 1.29 is 4.74 Å². The smallest absolute Gasteiger partial charge is 0.128 e. The molecule has 1 heterocycles. The van der Waals surface area contributed by atoms with E-state index in [0.717, 1.165) is 22.7 Å². The van der Waals surface area contributed by atoms with Gasteiger partial charge in [0.25, 0.3) is 0 Å². The van der Waals surface area contributed by atoms with Gasteiger partial charge in [0.05, 0.1) is 7.11 Å². The standard InChI is InChI=1S/C11H12N2O/c1-14-11-5-4-8(12)7-9(11)10-3-2-6-13-10/h2-7,13H,12H2,1H3. The van der Waals surface area contributed by atoms with Gasteiger partial charge in [-0.1, -0.05) is 0 Å². The number of benzene rings is 1. The lowest BCUT2D eigenvalue weighted by Crippen LogP contribution is -1.91. The van der Waals surface area contributed by atoms with E-state index in [-0.39, 0.29) is 0 Å². The molecule has 0 bridgehead atoms. The summed E-state index contributed by atoms with van der Waals surface area (Å²) in [6, 6.07) is 9.51. The van der Waals surface area contributed by atoms with E-state index < -0.39 is 0 Å². The van der Waals surface area contributed by atoms with Crippen LogP contribution >= 0.6 is 0 Å². The molecule has 0 aliphatic rings. The summed E-state index contributed by atoms with van der Waals surface area (Å²) in [6.45, 7) is 0. The quantitative estimate of drug-likeness (QED) is 0.710.